The standard InChI is InChI=1S/C12H14O/c1-3-7-11(2)10-13-12-8-5-4-6-9-12/h3-6,8-9H,1-2,7,10H2. The molecule has 0 aromatic heterocycles. The SMILES string of the molecule is C=CCC(=C)COc1ccccc1. The molecule has 0 aliphatic heterocycles. The van der Waals surface area contributed by atoms with Gasteiger partial charge in [-0.15, -0.1) is 6.58 Å². The third kappa shape index (κ3) is 3.61. The van der Waals surface area contributed by atoms with E-state index >= 15 is 0 Å². The third-order valence-corrected chi connectivity index (χ3v) is 1.62. The van der Waals surface area contributed by atoms with Crippen LogP contribution in [0.15, 0.2) is 55.1 Å². The van der Waals surface area contributed by atoms with E-state index in [1.165, 1.54) is 0 Å². The molecule has 0 bridgehead atoms. The van der Waals surface area contributed by atoms with Gasteiger partial charge in [-0.2, -0.15) is 0 Å². The molecule has 0 aliphatic carbocycles. The topological polar surface area (TPSA) is 9.23 Å². The maximum atomic E-state index is 5.47. The molecule has 0 spiro atoms. The molecule has 0 saturated heterocycles. The van der Waals surface area contributed by atoms with Gasteiger partial charge in [0.2, 0.25) is 0 Å². The molecule has 0 saturated carbocycles. The van der Waals surface area contributed by atoms with Crippen LogP contribution in [0.3, 0.4) is 0 Å². The van der Waals surface area contributed by atoms with E-state index in [0.717, 1.165) is 17.7 Å². The number of benzene rings is 1. The lowest BCUT2D eigenvalue weighted by molar-refractivity contribution is 0.350. The number of allylic oxidation sites excluding steroid dienone is 1. The molecular weight excluding hydrogens is 160 g/mol. The summed E-state index contributed by atoms with van der Waals surface area (Å²) in [5.41, 5.74) is 1.04. The summed E-state index contributed by atoms with van der Waals surface area (Å²) in [4.78, 5) is 0. The smallest absolute Gasteiger partial charge is 0.119 e. The Hall–Kier alpha value is -1.50. The van der Waals surface area contributed by atoms with E-state index in [1.54, 1.807) is 0 Å². The molecule has 0 fully saturated rings. The van der Waals surface area contributed by atoms with Crippen molar-refractivity contribution in [2.24, 2.45) is 0 Å². The summed E-state index contributed by atoms with van der Waals surface area (Å²) in [6.07, 6.45) is 2.64. The fourth-order valence-corrected chi connectivity index (χ4v) is 0.965. The molecule has 0 N–H and O–H groups in total. The number of hydrogen-bond acceptors (Lipinski definition) is 1. The van der Waals surface area contributed by atoms with Gasteiger partial charge in [0, 0.05) is 0 Å². The van der Waals surface area contributed by atoms with Crippen LogP contribution < -0.4 is 4.74 Å². The van der Waals surface area contributed by atoms with Crippen LogP contribution in [0.4, 0.5) is 0 Å². The predicted octanol–water partition coefficient (Wildman–Crippen LogP) is 3.20. The molecule has 68 valence electrons. The lowest BCUT2D eigenvalue weighted by Crippen LogP contribution is -1.99. The fourth-order valence-electron chi connectivity index (χ4n) is 0.965. The van der Waals surface area contributed by atoms with Gasteiger partial charge in [-0.05, 0) is 24.1 Å². The van der Waals surface area contributed by atoms with E-state index in [2.05, 4.69) is 13.2 Å². The van der Waals surface area contributed by atoms with E-state index in [1.807, 2.05) is 36.4 Å². The highest BCUT2D eigenvalue weighted by atomic mass is 16.5. The van der Waals surface area contributed by atoms with Crippen LogP contribution in [-0.4, -0.2) is 6.61 Å². The maximum Gasteiger partial charge on any atom is 0.119 e. The number of para-hydroxylation sites is 1. The summed E-state index contributed by atoms with van der Waals surface area (Å²) in [6.45, 7) is 8.07. The summed E-state index contributed by atoms with van der Waals surface area (Å²) in [6, 6.07) is 9.73. The second-order valence-electron chi connectivity index (χ2n) is 2.84. The van der Waals surface area contributed by atoms with Gasteiger partial charge in [0.25, 0.3) is 0 Å². The molecule has 0 unspecified atom stereocenters. The minimum atomic E-state index is 0.566. The van der Waals surface area contributed by atoms with E-state index in [4.69, 9.17) is 4.74 Å². The van der Waals surface area contributed by atoms with Gasteiger partial charge in [0.15, 0.2) is 0 Å². The van der Waals surface area contributed by atoms with Crippen LogP contribution in [0.5, 0.6) is 5.75 Å². The Morgan fingerprint density at radius 2 is 2.00 bits per heavy atom. The first kappa shape index (κ1) is 9.59. The zero-order chi connectivity index (χ0) is 9.52. The molecule has 0 aliphatic rings. The van der Waals surface area contributed by atoms with Crippen LogP contribution in [-0.2, 0) is 0 Å². The molecule has 13 heavy (non-hydrogen) atoms. The largest absolute Gasteiger partial charge is 0.489 e. The molecule has 0 atom stereocenters. The van der Waals surface area contributed by atoms with Gasteiger partial charge in [0.05, 0.1) is 0 Å². The second kappa shape index (κ2) is 5.20. The van der Waals surface area contributed by atoms with Crippen molar-refractivity contribution < 1.29 is 4.74 Å². The Morgan fingerprint density at radius 3 is 2.62 bits per heavy atom. The molecule has 0 heterocycles. The van der Waals surface area contributed by atoms with Crippen molar-refractivity contribution >= 4 is 0 Å². The lowest BCUT2D eigenvalue weighted by atomic mass is 10.2. The van der Waals surface area contributed by atoms with Gasteiger partial charge < -0.3 is 4.74 Å². The fraction of sp³-hybridized carbons (Fsp3) is 0.167. The molecule has 0 radical (unpaired) electrons. The predicted molar refractivity (Wildman–Crippen MR) is 55.9 cm³/mol. The van der Waals surface area contributed by atoms with Crippen LogP contribution in [0, 0.1) is 0 Å². The molecule has 1 nitrogen and oxygen atoms in total. The van der Waals surface area contributed by atoms with Crippen LogP contribution in [0.2, 0.25) is 0 Å². The van der Waals surface area contributed by atoms with Crippen molar-refractivity contribution in [3.05, 3.63) is 55.1 Å². The summed E-state index contributed by atoms with van der Waals surface area (Å²) in [7, 11) is 0. The average Bonchev–Trinajstić information content (AvgIpc) is 2.17. The Balaban J connectivity index is 2.35. The molecular formula is C12H14O. The first-order chi connectivity index (χ1) is 6.33. The van der Waals surface area contributed by atoms with Gasteiger partial charge in [-0.25, -0.2) is 0 Å². The zero-order valence-corrected chi connectivity index (χ0v) is 7.70. The normalized spacial score (nSPS) is 9.23. The van der Waals surface area contributed by atoms with E-state index in [0.29, 0.717) is 6.61 Å². The zero-order valence-electron chi connectivity index (χ0n) is 7.70. The monoisotopic (exact) mass is 174 g/mol. The first-order valence-electron chi connectivity index (χ1n) is 4.28. The van der Waals surface area contributed by atoms with Crippen molar-refractivity contribution in [3.8, 4) is 5.75 Å². The number of ether oxygens (including phenoxy) is 1. The number of rotatable bonds is 5. The summed E-state index contributed by atoms with van der Waals surface area (Å²) >= 11 is 0. The van der Waals surface area contributed by atoms with Gasteiger partial charge in [0.1, 0.15) is 12.4 Å². The Morgan fingerprint density at radius 1 is 1.31 bits per heavy atom. The van der Waals surface area contributed by atoms with Crippen LogP contribution in [0.1, 0.15) is 6.42 Å². The quantitative estimate of drug-likeness (QED) is 0.623. The van der Waals surface area contributed by atoms with Crippen LogP contribution in [0.25, 0.3) is 0 Å². The maximum absolute atomic E-state index is 5.47. The Labute approximate surface area is 79.4 Å². The van der Waals surface area contributed by atoms with Crippen molar-refractivity contribution in [1.82, 2.24) is 0 Å². The van der Waals surface area contributed by atoms with Crippen molar-refractivity contribution in [1.29, 1.82) is 0 Å². The highest BCUT2D eigenvalue weighted by Gasteiger charge is 1.93. The highest BCUT2D eigenvalue weighted by Crippen LogP contribution is 2.10. The second-order valence-corrected chi connectivity index (χ2v) is 2.84. The van der Waals surface area contributed by atoms with E-state index in [-0.39, 0.29) is 0 Å². The first-order valence-corrected chi connectivity index (χ1v) is 4.28. The van der Waals surface area contributed by atoms with Gasteiger partial charge in [-0.1, -0.05) is 30.9 Å². The van der Waals surface area contributed by atoms with Crippen molar-refractivity contribution in [2.75, 3.05) is 6.61 Å². The van der Waals surface area contributed by atoms with Crippen molar-refractivity contribution in [2.45, 2.75) is 6.42 Å². The molecule has 1 aromatic rings. The molecule has 0 amide bonds. The van der Waals surface area contributed by atoms with Gasteiger partial charge >= 0.3 is 0 Å². The molecule has 1 aromatic carbocycles. The Kier molecular flexibility index (Phi) is 3.83. The van der Waals surface area contributed by atoms with E-state index in [9.17, 15) is 0 Å². The number of hydrogen-bond donors (Lipinski definition) is 0. The minimum absolute atomic E-state index is 0.566. The third-order valence-electron chi connectivity index (χ3n) is 1.62. The summed E-state index contributed by atoms with van der Waals surface area (Å²) < 4.78 is 5.47. The van der Waals surface area contributed by atoms with E-state index < -0.39 is 0 Å². The average molecular weight is 174 g/mol. The molecule has 1 heteroatoms. The highest BCUT2D eigenvalue weighted by molar-refractivity contribution is 5.21. The summed E-state index contributed by atoms with van der Waals surface area (Å²) in [5, 5.41) is 0. The van der Waals surface area contributed by atoms with Gasteiger partial charge in [-0.3, -0.25) is 0 Å². The summed E-state index contributed by atoms with van der Waals surface area (Å²) in [5.74, 6) is 0.882. The van der Waals surface area contributed by atoms with Crippen LogP contribution >= 0.6 is 0 Å². The molecule has 1 rings (SSSR count). The van der Waals surface area contributed by atoms with Crippen molar-refractivity contribution in [3.63, 3.8) is 0 Å². The lowest BCUT2D eigenvalue weighted by Gasteiger charge is -2.06. The minimum Gasteiger partial charge on any atom is -0.489 e. The Bertz CT molecular complexity index is 274.